The summed E-state index contributed by atoms with van der Waals surface area (Å²) in [6, 6.07) is 13.5. The van der Waals surface area contributed by atoms with E-state index in [0.29, 0.717) is 23.1 Å². The van der Waals surface area contributed by atoms with Crippen LogP contribution >= 0.6 is 23.4 Å². The number of rotatable bonds is 6. The number of carbonyl (C=O) groups is 1. The van der Waals surface area contributed by atoms with Gasteiger partial charge in [0, 0.05) is 16.2 Å². The highest BCUT2D eigenvalue weighted by molar-refractivity contribution is 7.99. The molecule has 9 heteroatoms. The van der Waals surface area contributed by atoms with Crippen molar-refractivity contribution in [1.29, 1.82) is 0 Å². The van der Waals surface area contributed by atoms with Gasteiger partial charge < -0.3 is 15.4 Å². The second-order valence-electron chi connectivity index (χ2n) is 6.93. The number of carbonyl (C=O) groups excluding carboxylic acids is 1. The maximum atomic E-state index is 12.2. The molecule has 7 nitrogen and oxygen atoms in total. The van der Waals surface area contributed by atoms with E-state index in [0.717, 1.165) is 27.9 Å². The summed E-state index contributed by atoms with van der Waals surface area (Å²) < 4.78 is 5.43. The fourth-order valence-electron chi connectivity index (χ4n) is 3.27. The van der Waals surface area contributed by atoms with Gasteiger partial charge in [0.2, 0.25) is 11.9 Å². The molecule has 1 aliphatic heterocycles. The molecule has 2 atom stereocenters. The smallest absolute Gasteiger partial charge is 0.226 e. The highest BCUT2D eigenvalue weighted by Gasteiger charge is 2.26. The maximum Gasteiger partial charge on any atom is 0.226 e. The van der Waals surface area contributed by atoms with Gasteiger partial charge in [0.25, 0.3) is 0 Å². The summed E-state index contributed by atoms with van der Waals surface area (Å²) in [7, 11) is 1.62. The number of benzene rings is 2. The summed E-state index contributed by atoms with van der Waals surface area (Å²) in [4.78, 5) is 21.4. The van der Waals surface area contributed by atoms with Crippen molar-refractivity contribution in [2.45, 2.75) is 30.8 Å². The fourth-order valence-corrected chi connectivity index (χ4v) is 4.49. The topological polar surface area (TPSA) is 88.2 Å². The number of anilines is 1. The lowest BCUT2D eigenvalue weighted by Gasteiger charge is -2.31. The Balaban J connectivity index is 1.46. The molecule has 156 valence electrons. The third-order valence-electron chi connectivity index (χ3n) is 4.77. The largest absolute Gasteiger partial charge is 0.494 e. The highest BCUT2D eigenvalue weighted by atomic mass is 35.5. The molecule has 30 heavy (non-hydrogen) atoms. The van der Waals surface area contributed by atoms with Crippen molar-refractivity contribution in [2.24, 2.45) is 0 Å². The van der Waals surface area contributed by atoms with Crippen LogP contribution < -0.4 is 20.7 Å². The third kappa shape index (κ3) is 4.77. The number of nitrogens with one attached hydrogen (secondary N) is 3. The zero-order chi connectivity index (χ0) is 21.1. The summed E-state index contributed by atoms with van der Waals surface area (Å²) in [5.74, 6) is 1.84. The normalized spacial score (nSPS) is 18.8. The number of thioether (sulfide) groups is 1. The summed E-state index contributed by atoms with van der Waals surface area (Å²) in [5.41, 5.74) is 2.71. The van der Waals surface area contributed by atoms with E-state index >= 15 is 0 Å². The van der Waals surface area contributed by atoms with E-state index in [9.17, 15) is 4.79 Å². The molecule has 1 aliphatic rings. The monoisotopic (exact) mass is 443 g/mol. The number of amides is 1. The second kappa shape index (κ2) is 9.07. The van der Waals surface area contributed by atoms with Crippen molar-refractivity contribution in [3.63, 3.8) is 0 Å². The molecule has 2 heterocycles. The molecule has 1 saturated heterocycles. The van der Waals surface area contributed by atoms with Crippen LogP contribution in [0.15, 0.2) is 42.5 Å². The van der Waals surface area contributed by atoms with Crippen LogP contribution in [0.2, 0.25) is 5.02 Å². The van der Waals surface area contributed by atoms with Crippen LogP contribution in [0, 0.1) is 6.92 Å². The Bertz CT molecular complexity index is 1060. The summed E-state index contributed by atoms with van der Waals surface area (Å²) >= 11 is 7.61. The first-order valence-electron chi connectivity index (χ1n) is 9.51. The van der Waals surface area contributed by atoms with E-state index in [4.69, 9.17) is 16.3 Å². The van der Waals surface area contributed by atoms with Crippen molar-refractivity contribution in [3.05, 3.63) is 58.7 Å². The number of para-hydroxylation sites is 1. The number of aromatic nitrogens is 2. The second-order valence-corrected chi connectivity index (χ2v) is 8.56. The molecule has 2 aromatic carbocycles. The predicted octanol–water partition coefficient (Wildman–Crippen LogP) is 3.66. The molecule has 2 unspecified atom stereocenters. The van der Waals surface area contributed by atoms with Crippen molar-refractivity contribution < 1.29 is 9.53 Å². The van der Waals surface area contributed by atoms with Crippen molar-refractivity contribution in [2.75, 3.05) is 12.4 Å². The van der Waals surface area contributed by atoms with Crippen LogP contribution in [0.1, 0.15) is 17.7 Å². The van der Waals surface area contributed by atoms with Gasteiger partial charge in [0.15, 0.2) is 6.29 Å². The van der Waals surface area contributed by atoms with Crippen LogP contribution in [0.4, 0.5) is 5.95 Å². The molecule has 3 N–H and O–H groups in total. The van der Waals surface area contributed by atoms with Crippen LogP contribution in [0.25, 0.3) is 10.9 Å². The molecular formula is C21H22ClN5O2S. The highest BCUT2D eigenvalue weighted by Crippen LogP contribution is 2.27. The van der Waals surface area contributed by atoms with Gasteiger partial charge in [0.1, 0.15) is 11.3 Å². The van der Waals surface area contributed by atoms with Crippen molar-refractivity contribution in [1.82, 2.24) is 20.6 Å². The Morgan fingerprint density at radius 1 is 1.23 bits per heavy atom. The zero-order valence-corrected chi connectivity index (χ0v) is 18.2. The summed E-state index contributed by atoms with van der Waals surface area (Å²) in [5, 5.41) is 11.1. The van der Waals surface area contributed by atoms with Crippen LogP contribution in [0.5, 0.6) is 5.75 Å². The lowest BCUT2D eigenvalue weighted by Crippen LogP contribution is -2.59. The van der Waals surface area contributed by atoms with Gasteiger partial charge in [-0.15, -0.1) is 11.8 Å². The third-order valence-corrected chi connectivity index (χ3v) is 6.22. The SMILES string of the molecule is COc1cccc2c(C)nc(NC3NC(=O)CC(SCc4ccc(Cl)cc4)N3)nc12. The first-order valence-corrected chi connectivity index (χ1v) is 10.9. The number of methoxy groups -OCH3 is 1. The number of ether oxygens (including phenoxy) is 1. The van der Waals surface area contributed by atoms with Crippen molar-refractivity contribution in [3.8, 4) is 5.75 Å². The van der Waals surface area contributed by atoms with Gasteiger partial charge in [-0.1, -0.05) is 35.9 Å². The zero-order valence-electron chi connectivity index (χ0n) is 16.6. The maximum absolute atomic E-state index is 12.2. The molecule has 1 aromatic heterocycles. The van der Waals surface area contributed by atoms with E-state index in [1.807, 2.05) is 49.4 Å². The molecule has 3 aromatic rings. The van der Waals surface area contributed by atoms with Crippen molar-refractivity contribution >= 4 is 46.1 Å². The van der Waals surface area contributed by atoms with E-state index in [1.165, 1.54) is 0 Å². The molecule has 0 spiro atoms. The van der Waals surface area contributed by atoms with Gasteiger partial charge in [-0.3, -0.25) is 10.1 Å². The molecule has 4 rings (SSSR count). The average molecular weight is 444 g/mol. The van der Waals surface area contributed by atoms with Crippen LogP contribution in [-0.4, -0.2) is 34.6 Å². The number of hydrogen-bond acceptors (Lipinski definition) is 7. The Labute approximate surface area is 184 Å². The van der Waals surface area contributed by atoms with Gasteiger partial charge in [-0.2, -0.15) is 0 Å². The lowest BCUT2D eigenvalue weighted by molar-refractivity contribution is -0.123. The van der Waals surface area contributed by atoms with Crippen LogP contribution in [-0.2, 0) is 10.5 Å². The number of nitrogens with zero attached hydrogens (tertiary/aromatic N) is 2. The fraction of sp³-hybridized carbons (Fsp3) is 0.286. The number of hydrogen-bond donors (Lipinski definition) is 3. The number of aryl methyl sites for hydroxylation is 1. The molecule has 1 fully saturated rings. The minimum Gasteiger partial charge on any atom is -0.494 e. The van der Waals surface area contributed by atoms with E-state index < -0.39 is 6.29 Å². The molecule has 1 amide bonds. The Hall–Kier alpha value is -2.55. The van der Waals surface area contributed by atoms with Gasteiger partial charge in [0.05, 0.1) is 24.6 Å². The Morgan fingerprint density at radius 3 is 2.80 bits per heavy atom. The van der Waals surface area contributed by atoms with Gasteiger partial charge in [-0.05, 0) is 30.7 Å². The van der Waals surface area contributed by atoms with E-state index in [-0.39, 0.29) is 11.3 Å². The lowest BCUT2D eigenvalue weighted by atomic mass is 10.2. The summed E-state index contributed by atoms with van der Waals surface area (Å²) in [6.45, 7) is 1.92. The molecule has 0 saturated carbocycles. The first kappa shape index (κ1) is 20.7. The average Bonchev–Trinajstić information content (AvgIpc) is 2.72. The molecule has 0 radical (unpaired) electrons. The predicted molar refractivity (Wildman–Crippen MR) is 121 cm³/mol. The molecular weight excluding hydrogens is 422 g/mol. The Kier molecular flexibility index (Phi) is 6.26. The Morgan fingerprint density at radius 2 is 2.03 bits per heavy atom. The standard InChI is InChI=1S/C21H22ClN5O2S/c1-12-15-4-3-5-16(29-2)19(15)26-20(23-12)27-21-24-17(28)10-18(25-21)30-11-13-6-8-14(22)9-7-13/h3-9,18,21,25H,10-11H2,1-2H3,(H,24,28)(H,23,26,27). The minimum atomic E-state index is -0.472. The molecule has 0 aliphatic carbocycles. The number of halogens is 1. The minimum absolute atomic E-state index is 0.0325. The first-order chi connectivity index (χ1) is 14.5. The molecule has 0 bridgehead atoms. The van der Waals surface area contributed by atoms with E-state index in [1.54, 1.807) is 18.9 Å². The van der Waals surface area contributed by atoms with Crippen LogP contribution in [0.3, 0.4) is 0 Å². The van der Waals surface area contributed by atoms with Gasteiger partial charge >= 0.3 is 0 Å². The summed E-state index contributed by atoms with van der Waals surface area (Å²) in [6.07, 6.45) is -0.0810. The van der Waals surface area contributed by atoms with Gasteiger partial charge in [-0.25, -0.2) is 9.97 Å². The van der Waals surface area contributed by atoms with E-state index in [2.05, 4.69) is 25.9 Å². The quantitative estimate of drug-likeness (QED) is 0.535. The number of fused-ring (bicyclic) bond motifs is 1.